The molecule has 0 saturated heterocycles. The molecule has 98 valence electrons. The van der Waals surface area contributed by atoms with Crippen molar-refractivity contribution in [1.82, 2.24) is 10.3 Å². The Morgan fingerprint density at radius 1 is 1.21 bits per heavy atom. The van der Waals surface area contributed by atoms with Crippen LogP contribution >= 0.6 is 11.8 Å². The highest BCUT2D eigenvalue weighted by atomic mass is 32.2. The van der Waals surface area contributed by atoms with E-state index in [9.17, 15) is 4.39 Å². The van der Waals surface area contributed by atoms with Gasteiger partial charge in [-0.3, -0.25) is 0 Å². The number of halogens is 1. The van der Waals surface area contributed by atoms with Crippen LogP contribution in [-0.2, 0) is 6.54 Å². The van der Waals surface area contributed by atoms with Crippen molar-refractivity contribution in [2.45, 2.75) is 35.3 Å². The summed E-state index contributed by atoms with van der Waals surface area (Å²) in [4.78, 5) is 4.92. The van der Waals surface area contributed by atoms with Crippen LogP contribution < -0.4 is 5.32 Å². The first-order chi connectivity index (χ1) is 9.33. The van der Waals surface area contributed by atoms with E-state index in [2.05, 4.69) is 10.3 Å². The Balaban J connectivity index is 1.81. The maximum atomic E-state index is 14.0. The van der Waals surface area contributed by atoms with E-state index >= 15 is 0 Å². The molecular formula is C15H15FN2S. The lowest BCUT2D eigenvalue weighted by atomic mass is 10.2. The predicted molar refractivity (Wildman–Crippen MR) is 74.6 cm³/mol. The van der Waals surface area contributed by atoms with Crippen molar-refractivity contribution < 1.29 is 4.39 Å². The molecule has 1 saturated carbocycles. The molecule has 19 heavy (non-hydrogen) atoms. The zero-order valence-corrected chi connectivity index (χ0v) is 11.3. The Bertz CT molecular complexity index is 555. The van der Waals surface area contributed by atoms with Crippen molar-refractivity contribution in [3.63, 3.8) is 0 Å². The van der Waals surface area contributed by atoms with Gasteiger partial charge in [-0.05, 0) is 36.6 Å². The van der Waals surface area contributed by atoms with E-state index in [1.165, 1.54) is 30.7 Å². The molecule has 2 nitrogen and oxygen atoms in total. The summed E-state index contributed by atoms with van der Waals surface area (Å²) in [6, 6.07) is 11.5. The fourth-order valence-electron chi connectivity index (χ4n) is 1.86. The fraction of sp³-hybridized carbons (Fsp3) is 0.267. The quantitative estimate of drug-likeness (QED) is 0.901. The van der Waals surface area contributed by atoms with Gasteiger partial charge < -0.3 is 5.32 Å². The third-order valence-corrected chi connectivity index (χ3v) is 4.16. The molecule has 0 amide bonds. The van der Waals surface area contributed by atoms with Crippen molar-refractivity contribution in [2.24, 2.45) is 0 Å². The number of aromatic nitrogens is 1. The summed E-state index contributed by atoms with van der Waals surface area (Å²) in [5.74, 6) is -0.175. The SMILES string of the molecule is Fc1cccc(CNC2CC2)c1Sc1ccccn1. The lowest BCUT2D eigenvalue weighted by Crippen LogP contribution is -2.16. The van der Waals surface area contributed by atoms with Crippen LogP contribution in [0.4, 0.5) is 4.39 Å². The van der Waals surface area contributed by atoms with Crippen LogP contribution in [-0.4, -0.2) is 11.0 Å². The minimum Gasteiger partial charge on any atom is -0.310 e. The maximum Gasteiger partial charge on any atom is 0.137 e. The molecule has 1 aliphatic carbocycles. The number of pyridine rings is 1. The zero-order chi connectivity index (χ0) is 13.1. The first-order valence-electron chi connectivity index (χ1n) is 6.42. The van der Waals surface area contributed by atoms with E-state index in [1.54, 1.807) is 12.3 Å². The molecule has 1 aromatic carbocycles. The molecule has 0 unspecified atom stereocenters. The van der Waals surface area contributed by atoms with Crippen LogP contribution in [0.3, 0.4) is 0 Å². The Kier molecular flexibility index (Phi) is 3.80. The standard InChI is InChI=1S/C15H15FN2S/c16-13-5-3-4-11(10-18-12-7-8-12)15(13)19-14-6-1-2-9-17-14/h1-6,9,12,18H,7-8,10H2. The van der Waals surface area contributed by atoms with Crippen molar-refractivity contribution >= 4 is 11.8 Å². The number of hydrogen-bond acceptors (Lipinski definition) is 3. The van der Waals surface area contributed by atoms with Crippen LogP contribution in [0.15, 0.2) is 52.5 Å². The third kappa shape index (κ3) is 3.33. The minimum absolute atomic E-state index is 0.175. The second kappa shape index (κ2) is 5.72. The van der Waals surface area contributed by atoms with Crippen LogP contribution in [0.5, 0.6) is 0 Å². The Morgan fingerprint density at radius 3 is 2.84 bits per heavy atom. The molecule has 1 aromatic heterocycles. The number of benzene rings is 1. The smallest absolute Gasteiger partial charge is 0.137 e. The van der Waals surface area contributed by atoms with Crippen molar-refractivity contribution in [2.75, 3.05) is 0 Å². The summed E-state index contributed by atoms with van der Waals surface area (Å²) in [6.45, 7) is 0.720. The monoisotopic (exact) mass is 274 g/mol. The molecule has 0 radical (unpaired) electrons. The van der Waals surface area contributed by atoms with E-state index in [0.717, 1.165) is 17.1 Å². The second-order valence-corrected chi connectivity index (χ2v) is 5.68. The Hall–Kier alpha value is -1.39. The highest BCUT2D eigenvalue weighted by Crippen LogP contribution is 2.32. The summed E-state index contributed by atoms with van der Waals surface area (Å²) in [7, 11) is 0. The fourth-order valence-corrected chi connectivity index (χ4v) is 2.77. The summed E-state index contributed by atoms with van der Waals surface area (Å²) < 4.78 is 14.0. The van der Waals surface area contributed by atoms with Gasteiger partial charge in [-0.1, -0.05) is 30.0 Å². The summed E-state index contributed by atoms with van der Waals surface area (Å²) >= 11 is 1.39. The molecule has 0 spiro atoms. The molecule has 1 aliphatic rings. The average molecular weight is 274 g/mol. The van der Waals surface area contributed by atoms with Gasteiger partial charge in [0.25, 0.3) is 0 Å². The lowest BCUT2D eigenvalue weighted by Gasteiger charge is -2.10. The van der Waals surface area contributed by atoms with E-state index in [1.807, 2.05) is 24.3 Å². The topological polar surface area (TPSA) is 24.9 Å². The molecule has 1 N–H and O–H groups in total. The highest BCUT2D eigenvalue weighted by molar-refractivity contribution is 7.99. The van der Waals surface area contributed by atoms with Crippen molar-refractivity contribution in [1.29, 1.82) is 0 Å². The first-order valence-corrected chi connectivity index (χ1v) is 7.24. The van der Waals surface area contributed by atoms with Crippen molar-refractivity contribution in [3.8, 4) is 0 Å². The van der Waals surface area contributed by atoms with Gasteiger partial charge in [-0.2, -0.15) is 0 Å². The van der Waals surface area contributed by atoms with Crippen LogP contribution in [0, 0.1) is 5.82 Å². The molecule has 0 bridgehead atoms. The van der Waals surface area contributed by atoms with Crippen LogP contribution in [0.2, 0.25) is 0 Å². The van der Waals surface area contributed by atoms with Gasteiger partial charge in [0, 0.05) is 18.8 Å². The maximum absolute atomic E-state index is 14.0. The third-order valence-electron chi connectivity index (χ3n) is 3.05. The van der Waals surface area contributed by atoms with Gasteiger partial charge >= 0.3 is 0 Å². The number of nitrogens with zero attached hydrogens (tertiary/aromatic N) is 1. The number of nitrogens with one attached hydrogen (secondary N) is 1. The molecule has 3 rings (SSSR count). The van der Waals surface area contributed by atoms with Gasteiger partial charge in [0.1, 0.15) is 10.8 Å². The van der Waals surface area contributed by atoms with Gasteiger partial charge in [0.15, 0.2) is 0 Å². The highest BCUT2D eigenvalue weighted by Gasteiger charge is 2.21. The summed E-state index contributed by atoms with van der Waals surface area (Å²) in [6.07, 6.45) is 4.20. The molecular weight excluding hydrogens is 259 g/mol. The summed E-state index contributed by atoms with van der Waals surface area (Å²) in [5, 5.41) is 4.25. The average Bonchev–Trinajstić information content (AvgIpc) is 3.25. The molecule has 0 atom stereocenters. The molecule has 1 fully saturated rings. The second-order valence-electron chi connectivity index (χ2n) is 4.65. The molecule has 1 heterocycles. The molecule has 4 heteroatoms. The molecule has 2 aromatic rings. The molecule has 0 aliphatic heterocycles. The van der Waals surface area contributed by atoms with Gasteiger partial charge in [-0.25, -0.2) is 9.37 Å². The Morgan fingerprint density at radius 2 is 2.11 bits per heavy atom. The van der Waals surface area contributed by atoms with E-state index in [0.29, 0.717) is 10.9 Å². The van der Waals surface area contributed by atoms with Gasteiger partial charge in [-0.15, -0.1) is 0 Å². The van der Waals surface area contributed by atoms with E-state index in [-0.39, 0.29) is 5.82 Å². The van der Waals surface area contributed by atoms with E-state index in [4.69, 9.17) is 0 Å². The van der Waals surface area contributed by atoms with E-state index < -0.39 is 0 Å². The predicted octanol–water partition coefficient (Wildman–Crippen LogP) is 3.62. The zero-order valence-electron chi connectivity index (χ0n) is 10.5. The number of rotatable bonds is 5. The number of hydrogen-bond donors (Lipinski definition) is 1. The largest absolute Gasteiger partial charge is 0.310 e. The lowest BCUT2D eigenvalue weighted by molar-refractivity contribution is 0.589. The summed E-state index contributed by atoms with van der Waals surface area (Å²) in [5.41, 5.74) is 1.00. The van der Waals surface area contributed by atoms with Gasteiger partial charge in [0.05, 0.1) is 4.90 Å². The van der Waals surface area contributed by atoms with Crippen LogP contribution in [0.25, 0.3) is 0 Å². The van der Waals surface area contributed by atoms with Gasteiger partial charge in [0.2, 0.25) is 0 Å². The van der Waals surface area contributed by atoms with Crippen LogP contribution in [0.1, 0.15) is 18.4 Å². The first kappa shape index (κ1) is 12.6. The minimum atomic E-state index is -0.175. The van der Waals surface area contributed by atoms with Crippen molar-refractivity contribution in [3.05, 3.63) is 54.0 Å². The normalized spacial score (nSPS) is 14.6. The Labute approximate surface area is 116 Å².